The predicted molar refractivity (Wildman–Crippen MR) is 71.1 cm³/mol. The van der Waals surface area contributed by atoms with E-state index < -0.39 is 0 Å². The minimum atomic E-state index is -0.147. The molecule has 90 valence electrons. The van der Waals surface area contributed by atoms with Gasteiger partial charge in [-0.3, -0.25) is 0 Å². The van der Waals surface area contributed by atoms with E-state index in [1.807, 2.05) is 19.2 Å². The van der Waals surface area contributed by atoms with E-state index in [9.17, 15) is 4.39 Å². The lowest BCUT2D eigenvalue weighted by molar-refractivity contribution is 0.614. The number of rotatable bonds is 3. The first-order chi connectivity index (χ1) is 8.11. The Hall–Kier alpha value is -1.19. The molecule has 3 heteroatoms. The molecule has 2 aromatic rings. The topological polar surface area (TPSA) is 12.0 Å². The van der Waals surface area contributed by atoms with Crippen LogP contribution in [-0.2, 0) is 0 Å². The first-order valence-electron chi connectivity index (χ1n) is 5.61. The van der Waals surface area contributed by atoms with Crippen LogP contribution in [0.2, 0.25) is 0 Å². The molecule has 1 atom stereocenters. The maximum absolute atomic E-state index is 13.3. The van der Waals surface area contributed by atoms with E-state index in [-0.39, 0.29) is 11.9 Å². The molecule has 0 saturated heterocycles. The van der Waals surface area contributed by atoms with Crippen LogP contribution in [0.5, 0.6) is 0 Å². The lowest BCUT2D eigenvalue weighted by Gasteiger charge is -2.15. The second-order valence-electron chi connectivity index (χ2n) is 4.18. The molecule has 1 nitrogen and oxygen atoms in total. The lowest BCUT2D eigenvalue weighted by Crippen LogP contribution is -2.16. The van der Waals surface area contributed by atoms with Crippen molar-refractivity contribution in [2.45, 2.75) is 19.9 Å². The Morgan fingerprint density at radius 3 is 2.47 bits per heavy atom. The average molecular weight is 249 g/mol. The quantitative estimate of drug-likeness (QED) is 0.872. The number of aryl methyl sites for hydroxylation is 2. The van der Waals surface area contributed by atoms with Crippen LogP contribution in [-0.4, -0.2) is 7.05 Å². The molecule has 0 aliphatic carbocycles. The van der Waals surface area contributed by atoms with Crippen molar-refractivity contribution in [1.29, 1.82) is 0 Å². The molecule has 0 saturated carbocycles. The molecule has 0 bridgehead atoms. The fourth-order valence-electron chi connectivity index (χ4n) is 1.93. The molecule has 1 unspecified atom stereocenters. The van der Waals surface area contributed by atoms with Gasteiger partial charge in [0, 0.05) is 9.75 Å². The van der Waals surface area contributed by atoms with Gasteiger partial charge in [-0.15, -0.1) is 11.3 Å². The van der Waals surface area contributed by atoms with E-state index in [2.05, 4.69) is 24.4 Å². The molecule has 1 N–H and O–H groups in total. The first-order valence-corrected chi connectivity index (χ1v) is 6.43. The summed E-state index contributed by atoms with van der Waals surface area (Å²) in [6.45, 7) is 3.89. The van der Waals surface area contributed by atoms with Crippen LogP contribution >= 0.6 is 11.3 Å². The summed E-state index contributed by atoms with van der Waals surface area (Å²) in [5.74, 6) is -0.147. The van der Waals surface area contributed by atoms with Crippen LogP contribution in [0, 0.1) is 19.7 Å². The number of hydrogen-bond donors (Lipinski definition) is 1. The fraction of sp³-hybridized carbons (Fsp3) is 0.286. The van der Waals surface area contributed by atoms with Gasteiger partial charge in [0.05, 0.1) is 6.04 Å². The zero-order valence-electron chi connectivity index (χ0n) is 10.3. The van der Waals surface area contributed by atoms with Crippen LogP contribution in [0.1, 0.15) is 26.9 Å². The molecule has 0 fully saturated rings. The summed E-state index contributed by atoms with van der Waals surface area (Å²) in [5, 5.41) is 3.28. The third-order valence-corrected chi connectivity index (χ3v) is 3.92. The maximum atomic E-state index is 13.3. The molecular formula is C14H16FNS. The summed E-state index contributed by atoms with van der Waals surface area (Å²) in [7, 11) is 1.93. The van der Waals surface area contributed by atoms with Crippen molar-refractivity contribution in [2.24, 2.45) is 0 Å². The van der Waals surface area contributed by atoms with Gasteiger partial charge in [-0.2, -0.15) is 0 Å². The Bertz CT molecular complexity index is 519. The van der Waals surface area contributed by atoms with E-state index in [4.69, 9.17) is 0 Å². The largest absolute Gasteiger partial charge is 0.309 e. The smallest absolute Gasteiger partial charge is 0.126 e. The van der Waals surface area contributed by atoms with Gasteiger partial charge in [0.2, 0.25) is 0 Å². The van der Waals surface area contributed by atoms with Crippen LogP contribution < -0.4 is 5.32 Å². The Morgan fingerprint density at radius 2 is 1.94 bits per heavy atom. The number of halogens is 1. The highest BCUT2D eigenvalue weighted by Crippen LogP contribution is 2.28. The fourth-order valence-corrected chi connectivity index (χ4v) is 2.94. The number of hydrogen-bond acceptors (Lipinski definition) is 2. The van der Waals surface area contributed by atoms with E-state index >= 15 is 0 Å². The zero-order chi connectivity index (χ0) is 12.4. The van der Waals surface area contributed by atoms with Crippen molar-refractivity contribution < 1.29 is 4.39 Å². The number of nitrogens with one attached hydrogen (secondary N) is 1. The highest BCUT2D eigenvalue weighted by molar-refractivity contribution is 7.12. The van der Waals surface area contributed by atoms with E-state index in [0.29, 0.717) is 5.56 Å². The number of thiophene rings is 1. The highest BCUT2D eigenvalue weighted by Gasteiger charge is 2.14. The van der Waals surface area contributed by atoms with E-state index in [1.165, 1.54) is 15.8 Å². The standard InChI is InChI=1S/C14H16FNS/c1-9-8-11(5-6-12(9)15)14(16-3)13-7-4-10(2)17-13/h4-8,14,16H,1-3H3. The molecule has 0 radical (unpaired) electrons. The molecule has 0 spiro atoms. The second kappa shape index (κ2) is 4.98. The van der Waals surface area contributed by atoms with Gasteiger partial charge in [0.1, 0.15) is 5.82 Å². The SMILES string of the molecule is CNC(c1ccc(F)c(C)c1)c1ccc(C)s1. The summed E-state index contributed by atoms with van der Waals surface area (Å²) >= 11 is 1.77. The van der Waals surface area contributed by atoms with Crippen LogP contribution in [0.4, 0.5) is 4.39 Å². The van der Waals surface area contributed by atoms with Crippen molar-refractivity contribution >= 4 is 11.3 Å². The van der Waals surface area contributed by atoms with Crippen LogP contribution in [0.15, 0.2) is 30.3 Å². The molecule has 1 aromatic carbocycles. The molecule has 17 heavy (non-hydrogen) atoms. The number of benzene rings is 1. The van der Waals surface area contributed by atoms with E-state index in [0.717, 1.165) is 5.56 Å². The molecule has 2 rings (SSSR count). The summed E-state index contributed by atoms with van der Waals surface area (Å²) < 4.78 is 13.3. The van der Waals surface area contributed by atoms with Crippen molar-refractivity contribution in [3.63, 3.8) is 0 Å². The Labute approximate surface area is 105 Å². The summed E-state index contributed by atoms with van der Waals surface area (Å²) in [6, 6.07) is 9.67. The van der Waals surface area contributed by atoms with Gasteiger partial charge in [0.25, 0.3) is 0 Å². The van der Waals surface area contributed by atoms with Gasteiger partial charge >= 0.3 is 0 Å². The van der Waals surface area contributed by atoms with E-state index in [1.54, 1.807) is 18.3 Å². The third-order valence-electron chi connectivity index (χ3n) is 2.85. The molecule has 1 heterocycles. The minimum absolute atomic E-state index is 0.146. The van der Waals surface area contributed by atoms with Crippen molar-refractivity contribution in [2.75, 3.05) is 7.05 Å². The summed E-state index contributed by atoms with van der Waals surface area (Å²) in [4.78, 5) is 2.55. The molecule has 1 aromatic heterocycles. The Morgan fingerprint density at radius 1 is 1.18 bits per heavy atom. The van der Waals surface area contributed by atoms with Crippen LogP contribution in [0.25, 0.3) is 0 Å². The van der Waals surface area contributed by atoms with Gasteiger partial charge < -0.3 is 5.32 Å². The highest BCUT2D eigenvalue weighted by atomic mass is 32.1. The molecule has 0 aliphatic heterocycles. The molecule has 0 aliphatic rings. The summed E-state index contributed by atoms with van der Waals surface area (Å²) in [5.41, 5.74) is 1.80. The molecular weight excluding hydrogens is 233 g/mol. The minimum Gasteiger partial charge on any atom is -0.309 e. The van der Waals surface area contributed by atoms with Crippen molar-refractivity contribution in [1.82, 2.24) is 5.32 Å². The van der Waals surface area contributed by atoms with Gasteiger partial charge in [-0.05, 0) is 50.2 Å². The van der Waals surface area contributed by atoms with Crippen molar-refractivity contribution in [3.8, 4) is 0 Å². The van der Waals surface area contributed by atoms with Crippen molar-refractivity contribution in [3.05, 3.63) is 57.0 Å². The average Bonchev–Trinajstić information content (AvgIpc) is 2.71. The first kappa shape index (κ1) is 12.3. The third kappa shape index (κ3) is 2.56. The maximum Gasteiger partial charge on any atom is 0.126 e. The summed E-state index contributed by atoms with van der Waals surface area (Å²) in [6.07, 6.45) is 0. The normalized spacial score (nSPS) is 12.7. The monoisotopic (exact) mass is 249 g/mol. The van der Waals surface area contributed by atoms with Gasteiger partial charge in [-0.25, -0.2) is 4.39 Å². The Balaban J connectivity index is 2.38. The van der Waals surface area contributed by atoms with Crippen LogP contribution in [0.3, 0.4) is 0 Å². The lowest BCUT2D eigenvalue weighted by atomic mass is 10.0. The second-order valence-corrected chi connectivity index (χ2v) is 5.50. The molecule has 0 amide bonds. The van der Waals surface area contributed by atoms with Gasteiger partial charge in [-0.1, -0.05) is 12.1 Å². The zero-order valence-corrected chi connectivity index (χ0v) is 11.1. The predicted octanol–water partition coefficient (Wildman–Crippen LogP) is 3.81. The Kier molecular flexibility index (Phi) is 3.60. The van der Waals surface area contributed by atoms with Gasteiger partial charge in [0.15, 0.2) is 0 Å².